The topological polar surface area (TPSA) is 88.5 Å². The van der Waals surface area contributed by atoms with Gasteiger partial charge in [-0.15, -0.1) is 0 Å². The molecule has 10 heteroatoms. The highest BCUT2D eigenvalue weighted by Crippen LogP contribution is 2.43. The molecule has 1 N–H and O–H groups in total. The van der Waals surface area contributed by atoms with E-state index in [1.54, 1.807) is 12.1 Å². The second-order valence-corrected chi connectivity index (χ2v) is 12.5. The molecule has 1 atom stereocenters. The Balaban J connectivity index is 1.36. The van der Waals surface area contributed by atoms with E-state index in [4.69, 9.17) is 37.4 Å². The van der Waals surface area contributed by atoms with Crippen LogP contribution in [0.3, 0.4) is 0 Å². The largest absolute Gasteiger partial charge is 0.493 e. The lowest BCUT2D eigenvalue weighted by atomic mass is 9.72. The summed E-state index contributed by atoms with van der Waals surface area (Å²) < 4.78 is 16.4. The summed E-state index contributed by atoms with van der Waals surface area (Å²) in [6.45, 7) is 3.17. The van der Waals surface area contributed by atoms with E-state index in [1.807, 2.05) is 53.4 Å². The number of amides is 1. The monoisotopic (exact) mass is 640 g/mol. The van der Waals surface area contributed by atoms with E-state index in [1.165, 1.54) is 21.3 Å². The van der Waals surface area contributed by atoms with Crippen molar-refractivity contribution >= 4 is 35.1 Å². The molecule has 0 aliphatic carbocycles. The number of methoxy groups -OCH3 is 3. The number of hydrogen-bond acceptors (Lipinski definition) is 6. The van der Waals surface area contributed by atoms with Gasteiger partial charge in [-0.2, -0.15) is 0 Å². The highest BCUT2D eigenvalue weighted by molar-refractivity contribution is 6.42. The number of carboxylic acids is 1. The fraction of sp³-hybridized carbons (Fsp3) is 0.412. The fourth-order valence-electron chi connectivity index (χ4n) is 6.76. The number of piperidine rings is 1. The van der Waals surface area contributed by atoms with Gasteiger partial charge >= 0.3 is 5.97 Å². The van der Waals surface area contributed by atoms with Gasteiger partial charge in [-0.25, -0.2) is 0 Å². The summed E-state index contributed by atoms with van der Waals surface area (Å²) in [4.78, 5) is 30.5. The molecule has 5 rings (SSSR count). The molecule has 0 saturated carbocycles. The summed E-state index contributed by atoms with van der Waals surface area (Å²) in [6, 6.07) is 18.6. The molecular formula is C34H38Cl2N2O6. The van der Waals surface area contributed by atoms with Crippen molar-refractivity contribution in [1.29, 1.82) is 0 Å². The van der Waals surface area contributed by atoms with Crippen LogP contribution in [-0.4, -0.2) is 80.8 Å². The molecule has 2 heterocycles. The van der Waals surface area contributed by atoms with Gasteiger partial charge in [0, 0.05) is 24.1 Å². The van der Waals surface area contributed by atoms with Gasteiger partial charge in [0.05, 0.1) is 36.8 Å². The summed E-state index contributed by atoms with van der Waals surface area (Å²) in [5.41, 5.74) is 1.11. The van der Waals surface area contributed by atoms with Gasteiger partial charge in [-0.3, -0.25) is 9.59 Å². The third kappa shape index (κ3) is 6.08. The van der Waals surface area contributed by atoms with Crippen LogP contribution in [0.15, 0.2) is 60.7 Å². The van der Waals surface area contributed by atoms with Crippen molar-refractivity contribution in [3.05, 3.63) is 87.4 Å². The maximum absolute atomic E-state index is 13.9. The molecule has 2 aliphatic heterocycles. The second-order valence-electron chi connectivity index (χ2n) is 11.6. The number of carbonyl (C=O) groups excluding carboxylic acids is 1. The Kier molecular flexibility index (Phi) is 9.63. The molecule has 0 spiro atoms. The third-order valence-corrected chi connectivity index (χ3v) is 10.2. The molecule has 0 radical (unpaired) electrons. The minimum absolute atomic E-state index is 0.127. The molecule has 0 aromatic heterocycles. The first-order chi connectivity index (χ1) is 21.2. The Bertz CT molecular complexity index is 1480. The van der Waals surface area contributed by atoms with Gasteiger partial charge in [0.25, 0.3) is 5.91 Å². The number of rotatable bonds is 10. The number of likely N-dealkylation sites (tertiary alicyclic amines) is 2. The predicted octanol–water partition coefficient (Wildman–Crippen LogP) is 6.31. The third-order valence-electron chi connectivity index (χ3n) is 9.44. The Hall–Kier alpha value is -3.46. The van der Waals surface area contributed by atoms with Crippen LogP contribution in [0.4, 0.5) is 0 Å². The standard InChI is InChI=1S/C34H38Cl2N2O6/c1-42-28-19-23(20-29(43-2)30(28)44-3)31(39)38-18-12-33(22-38,25-9-10-26(35)27(36)21-25)11-15-37-16-13-34(14-17-37,32(40)41)24-7-5-4-6-8-24/h4-10,19-21H,11-18,22H2,1-3H3,(H,40,41)/t33-/m0/s1. The molecule has 2 fully saturated rings. The number of nitrogens with zero attached hydrogens (tertiary/aromatic N) is 2. The predicted molar refractivity (Wildman–Crippen MR) is 171 cm³/mol. The number of carbonyl (C=O) groups is 2. The smallest absolute Gasteiger partial charge is 0.314 e. The molecule has 8 nitrogen and oxygen atoms in total. The van der Waals surface area contributed by atoms with E-state index in [2.05, 4.69) is 4.90 Å². The van der Waals surface area contributed by atoms with Gasteiger partial charge in [-0.1, -0.05) is 59.6 Å². The molecule has 1 amide bonds. The molecule has 2 aliphatic rings. The number of benzene rings is 3. The first-order valence-electron chi connectivity index (χ1n) is 14.7. The van der Waals surface area contributed by atoms with Gasteiger partial charge < -0.3 is 29.1 Å². The average molecular weight is 642 g/mol. The Labute approximate surface area is 268 Å². The molecule has 44 heavy (non-hydrogen) atoms. The lowest BCUT2D eigenvalue weighted by molar-refractivity contribution is -0.146. The van der Waals surface area contributed by atoms with Crippen LogP contribution in [0.25, 0.3) is 0 Å². The Morgan fingerprint density at radius 1 is 0.818 bits per heavy atom. The first kappa shape index (κ1) is 31.9. The average Bonchev–Trinajstić information content (AvgIpc) is 3.50. The van der Waals surface area contributed by atoms with Crippen LogP contribution in [0.2, 0.25) is 10.0 Å². The maximum Gasteiger partial charge on any atom is 0.314 e. The highest BCUT2D eigenvalue weighted by Gasteiger charge is 2.45. The number of halogens is 2. The SMILES string of the molecule is COc1cc(C(=O)N2CC[C@](CCN3CCC(C(=O)O)(c4ccccc4)CC3)(c3ccc(Cl)c(Cl)c3)C2)cc(OC)c1OC. The van der Waals surface area contributed by atoms with Crippen molar-refractivity contribution in [2.75, 3.05) is 54.1 Å². The van der Waals surface area contributed by atoms with Gasteiger partial charge in [-0.05, 0) is 80.7 Å². The molecular weight excluding hydrogens is 603 g/mol. The van der Waals surface area contributed by atoms with Gasteiger partial charge in [0.15, 0.2) is 11.5 Å². The van der Waals surface area contributed by atoms with Crippen LogP contribution in [-0.2, 0) is 15.6 Å². The normalized spacial score (nSPS) is 19.9. The molecule has 0 unspecified atom stereocenters. The molecule has 3 aromatic carbocycles. The van der Waals surface area contributed by atoms with Crippen LogP contribution < -0.4 is 14.2 Å². The van der Waals surface area contributed by atoms with E-state index in [9.17, 15) is 14.7 Å². The van der Waals surface area contributed by atoms with E-state index in [-0.39, 0.29) is 11.3 Å². The zero-order chi connectivity index (χ0) is 31.5. The minimum Gasteiger partial charge on any atom is -0.493 e. The summed E-state index contributed by atoms with van der Waals surface area (Å²) in [7, 11) is 4.58. The van der Waals surface area contributed by atoms with Crippen molar-refractivity contribution in [2.24, 2.45) is 0 Å². The number of ether oxygens (including phenoxy) is 3. The molecule has 2 saturated heterocycles. The lowest BCUT2D eigenvalue weighted by Crippen LogP contribution is -2.48. The maximum atomic E-state index is 13.9. The van der Waals surface area contributed by atoms with Crippen LogP contribution in [0, 0.1) is 0 Å². The summed E-state index contributed by atoms with van der Waals surface area (Å²) >= 11 is 12.8. The fourth-order valence-corrected chi connectivity index (χ4v) is 7.05. The van der Waals surface area contributed by atoms with Crippen LogP contribution in [0.1, 0.15) is 47.2 Å². The minimum atomic E-state index is -0.879. The van der Waals surface area contributed by atoms with Crippen molar-refractivity contribution in [3.8, 4) is 17.2 Å². The van der Waals surface area contributed by atoms with Crippen molar-refractivity contribution < 1.29 is 28.9 Å². The van der Waals surface area contributed by atoms with Gasteiger partial charge in [0.1, 0.15) is 0 Å². The molecule has 3 aromatic rings. The van der Waals surface area contributed by atoms with Crippen molar-refractivity contribution in [3.63, 3.8) is 0 Å². The molecule has 234 valence electrons. The zero-order valence-electron chi connectivity index (χ0n) is 25.3. The van der Waals surface area contributed by atoms with Crippen molar-refractivity contribution in [1.82, 2.24) is 9.80 Å². The van der Waals surface area contributed by atoms with E-state index >= 15 is 0 Å². The second kappa shape index (κ2) is 13.3. The first-order valence-corrected chi connectivity index (χ1v) is 15.5. The molecule has 0 bridgehead atoms. The summed E-state index contributed by atoms with van der Waals surface area (Å²) in [5.74, 6) is 0.371. The van der Waals surface area contributed by atoms with Crippen LogP contribution in [0.5, 0.6) is 17.2 Å². The zero-order valence-corrected chi connectivity index (χ0v) is 26.8. The number of carboxylic acid groups (broad SMARTS) is 1. The summed E-state index contributed by atoms with van der Waals surface area (Å²) in [6.07, 6.45) is 2.60. The van der Waals surface area contributed by atoms with Crippen LogP contribution >= 0.6 is 23.2 Å². The quantitative estimate of drug-likeness (QED) is 0.278. The Morgan fingerprint density at radius 3 is 2.05 bits per heavy atom. The van der Waals surface area contributed by atoms with Crippen molar-refractivity contribution in [2.45, 2.75) is 36.5 Å². The van der Waals surface area contributed by atoms with E-state index in [0.717, 1.165) is 30.5 Å². The van der Waals surface area contributed by atoms with E-state index < -0.39 is 11.4 Å². The highest BCUT2D eigenvalue weighted by atomic mass is 35.5. The Morgan fingerprint density at radius 2 is 1.48 bits per heavy atom. The lowest BCUT2D eigenvalue weighted by Gasteiger charge is -2.40. The number of aliphatic carboxylic acids is 1. The van der Waals surface area contributed by atoms with E-state index in [0.29, 0.717) is 71.9 Å². The summed E-state index contributed by atoms with van der Waals surface area (Å²) in [5, 5.41) is 11.2. The van der Waals surface area contributed by atoms with Gasteiger partial charge in [0.2, 0.25) is 5.75 Å². The number of hydrogen-bond donors (Lipinski definition) is 1.